The van der Waals surface area contributed by atoms with Gasteiger partial charge in [-0.05, 0) is 24.8 Å². The van der Waals surface area contributed by atoms with Gasteiger partial charge in [-0.2, -0.15) is 8.78 Å². The van der Waals surface area contributed by atoms with E-state index < -0.39 is 47.8 Å². The second-order valence-electron chi connectivity index (χ2n) is 7.80. The number of alkyl halides is 2. The molecule has 0 aromatic carbocycles. The molecule has 1 aliphatic heterocycles. The Morgan fingerprint density at radius 1 is 1.40 bits per heavy atom. The minimum Gasteiger partial charge on any atom is -0.488 e. The summed E-state index contributed by atoms with van der Waals surface area (Å²) in [6.07, 6.45) is 3.28. The minimum atomic E-state index is -3.25. The average Bonchev–Trinajstić information content (AvgIpc) is 3.09. The van der Waals surface area contributed by atoms with Crippen molar-refractivity contribution < 1.29 is 33.6 Å². The van der Waals surface area contributed by atoms with Crippen molar-refractivity contribution in [2.75, 3.05) is 0 Å². The maximum absolute atomic E-state index is 14.9. The average molecular weight is 435 g/mol. The zero-order chi connectivity index (χ0) is 21.6. The number of hydrogen-bond acceptors (Lipinski definition) is 4. The summed E-state index contributed by atoms with van der Waals surface area (Å²) in [6, 6.07) is 0. The summed E-state index contributed by atoms with van der Waals surface area (Å²) in [6.45, 7) is 3.77. The molecule has 2 rings (SSSR count). The van der Waals surface area contributed by atoms with E-state index in [0.717, 1.165) is 6.42 Å². The van der Waals surface area contributed by atoms with Crippen LogP contribution in [0, 0.1) is 29.6 Å². The summed E-state index contributed by atoms with van der Waals surface area (Å²) in [5.74, 6) is -0.947. The third-order valence-electron chi connectivity index (χ3n) is 5.52. The molecule has 1 heterocycles. The van der Waals surface area contributed by atoms with E-state index in [1.165, 1.54) is 18.2 Å². The van der Waals surface area contributed by atoms with Gasteiger partial charge in [0.1, 0.15) is 6.10 Å². The first-order valence-corrected chi connectivity index (χ1v) is 10.2. The van der Waals surface area contributed by atoms with Crippen molar-refractivity contribution >= 4 is 35.5 Å². The van der Waals surface area contributed by atoms with Gasteiger partial charge in [0.2, 0.25) is 0 Å². The smallest absolute Gasteiger partial charge is 0.310 e. The number of rotatable bonds is 8. The number of unbranched alkanes of at least 4 members (excludes halogenated alkanes) is 1. The molecule has 8 heteroatoms. The van der Waals surface area contributed by atoms with Gasteiger partial charge < -0.3 is 20.1 Å². The fraction of sp³-hybridized carbons (Fsp3) is 0.682. The van der Waals surface area contributed by atoms with Crippen LogP contribution in [0.25, 0.3) is 0 Å². The Kier molecular flexibility index (Phi) is 11.0. The molecule has 3 N–H and O–H groups in total. The molecule has 5 nitrogen and oxygen atoms in total. The van der Waals surface area contributed by atoms with Crippen LogP contribution in [-0.4, -0.2) is 75.1 Å². The quantitative estimate of drug-likeness (QED) is 0.236. The molecule has 0 amide bonds. The number of carbonyl (C=O) groups is 1. The maximum Gasteiger partial charge on any atom is 0.310 e. The van der Waals surface area contributed by atoms with Gasteiger partial charge in [0.05, 0.1) is 18.1 Å². The van der Waals surface area contributed by atoms with E-state index in [1.54, 1.807) is 0 Å². The molecule has 1 radical (unpaired) electrons. The monoisotopic (exact) mass is 435 g/mol. The third-order valence-corrected chi connectivity index (χ3v) is 5.52. The van der Waals surface area contributed by atoms with Gasteiger partial charge >= 0.3 is 11.9 Å². The summed E-state index contributed by atoms with van der Waals surface area (Å²) in [7, 11) is 0. The van der Waals surface area contributed by atoms with Crippen LogP contribution in [0.15, 0.2) is 24.0 Å². The van der Waals surface area contributed by atoms with E-state index in [0.29, 0.717) is 6.42 Å². The Bertz CT molecular complexity index is 697. The molecule has 163 valence electrons. The number of allylic oxidation sites excluding steroid dienone is 2. The van der Waals surface area contributed by atoms with Crippen molar-refractivity contribution in [3.8, 4) is 11.8 Å². The molecule has 2 aliphatic rings. The Labute approximate surface area is 198 Å². The number of hydrogen-bond donors (Lipinski definition) is 3. The summed E-state index contributed by atoms with van der Waals surface area (Å²) in [4.78, 5) is 10.5. The fourth-order valence-electron chi connectivity index (χ4n) is 3.86. The first kappa shape index (κ1) is 27.1. The van der Waals surface area contributed by atoms with Crippen LogP contribution < -0.4 is 0 Å². The molecule has 2 fully saturated rings. The molecule has 1 saturated carbocycles. The Balaban J connectivity index is 0.00000450. The van der Waals surface area contributed by atoms with Crippen LogP contribution >= 0.6 is 0 Å². The van der Waals surface area contributed by atoms with Crippen molar-refractivity contribution in [2.24, 2.45) is 17.8 Å². The number of aliphatic hydroxyl groups is 2. The van der Waals surface area contributed by atoms with Crippen molar-refractivity contribution in [3.63, 3.8) is 0 Å². The third kappa shape index (κ3) is 6.80. The van der Waals surface area contributed by atoms with Gasteiger partial charge in [-0.3, -0.25) is 4.79 Å². The van der Waals surface area contributed by atoms with Crippen molar-refractivity contribution in [1.82, 2.24) is 0 Å². The van der Waals surface area contributed by atoms with Crippen LogP contribution in [0.4, 0.5) is 8.78 Å². The zero-order valence-corrected chi connectivity index (χ0v) is 19.9. The summed E-state index contributed by atoms with van der Waals surface area (Å²) in [5.41, 5.74) is 0. The predicted octanol–water partition coefficient (Wildman–Crippen LogP) is 3.13. The first-order valence-electron chi connectivity index (χ1n) is 10.2. The molecule has 6 atom stereocenters. The second-order valence-corrected chi connectivity index (χ2v) is 7.80. The van der Waals surface area contributed by atoms with Gasteiger partial charge in [0.25, 0.3) is 0 Å². The van der Waals surface area contributed by atoms with E-state index in [2.05, 4.69) is 11.8 Å². The van der Waals surface area contributed by atoms with Crippen LogP contribution in [-0.2, 0) is 9.53 Å². The van der Waals surface area contributed by atoms with E-state index >= 15 is 0 Å². The standard InChI is InChI=1S/C22H30F2O5.Na/c1-3-4-5-8-14(2)16(25)12-11-15-17(26)13-18-21(15)22(23,24)19(29-18)9-6-7-10-20(27)28;/h9,11-12,14-18,21,25-26H,3,6-8,10,13H2,1-2H3,(H,27,28);/b12-11+,19-9-;/t14-,15-,16+,17+,18-,21+;/m0./s1. The van der Waals surface area contributed by atoms with Gasteiger partial charge in [-0.1, -0.05) is 26.0 Å². The molecule has 0 unspecified atom stereocenters. The summed E-state index contributed by atoms with van der Waals surface area (Å²) in [5, 5.41) is 29.2. The SMILES string of the molecule is CCC#CC[C@H](C)[C@H](O)/C=C/[C@@H]1[C@@H]2[C@H](C[C@H]1O)O/C(=C\CCCC(=O)O)C2(F)F.[Na]. The molecule has 0 aromatic heterocycles. The molecule has 1 saturated heterocycles. The number of halogens is 2. The zero-order valence-electron chi connectivity index (χ0n) is 17.9. The number of ether oxygens (including phenoxy) is 1. The second kappa shape index (κ2) is 12.2. The van der Waals surface area contributed by atoms with Crippen LogP contribution in [0.1, 0.15) is 52.4 Å². The topological polar surface area (TPSA) is 87.0 Å². The van der Waals surface area contributed by atoms with E-state index in [1.807, 2.05) is 13.8 Å². The minimum absolute atomic E-state index is 0. The van der Waals surface area contributed by atoms with E-state index in [9.17, 15) is 23.8 Å². The first-order chi connectivity index (χ1) is 13.7. The van der Waals surface area contributed by atoms with E-state index in [4.69, 9.17) is 9.84 Å². The summed E-state index contributed by atoms with van der Waals surface area (Å²) >= 11 is 0. The molecule has 1 aliphatic carbocycles. The van der Waals surface area contributed by atoms with Gasteiger partial charge in [-0.15, -0.1) is 11.8 Å². The number of carboxylic acid groups (broad SMARTS) is 1. The number of fused-ring (bicyclic) bond motifs is 1. The number of carboxylic acids is 1. The van der Waals surface area contributed by atoms with Gasteiger partial charge in [-0.25, -0.2) is 0 Å². The normalized spacial score (nSPS) is 30.1. The molecule has 0 bridgehead atoms. The Morgan fingerprint density at radius 3 is 2.73 bits per heavy atom. The largest absolute Gasteiger partial charge is 0.488 e. The fourth-order valence-corrected chi connectivity index (χ4v) is 3.86. The summed E-state index contributed by atoms with van der Waals surface area (Å²) < 4.78 is 35.3. The maximum atomic E-state index is 14.9. The molecule has 30 heavy (non-hydrogen) atoms. The molecular formula is C22H30F2NaO5. The van der Waals surface area contributed by atoms with Gasteiger partial charge in [0, 0.05) is 61.2 Å². The molecule has 0 aromatic rings. The predicted molar refractivity (Wildman–Crippen MR) is 110 cm³/mol. The van der Waals surface area contributed by atoms with Crippen molar-refractivity contribution in [1.29, 1.82) is 0 Å². The Hall–Kier alpha value is -0.910. The number of aliphatic hydroxyl groups excluding tert-OH is 2. The van der Waals surface area contributed by atoms with Crippen molar-refractivity contribution in [3.05, 3.63) is 24.0 Å². The van der Waals surface area contributed by atoms with Crippen LogP contribution in [0.5, 0.6) is 0 Å². The van der Waals surface area contributed by atoms with E-state index in [-0.39, 0.29) is 61.2 Å². The number of aliphatic carboxylic acids is 1. The molecule has 0 spiro atoms. The van der Waals surface area contributed by atoms with Crippen LogP contribution in [0.3, 0.4) is 0 Å². The van der Waals surface area contributed by atoms with Gasteiger partial charge in [0.15, 0.2) is 5.76 Å². The Morgan fingerprint density at radius 2 is 2.10 bits per heavy atom. The molecular weight excluding hydrogens is 405 g/mol. The van der Waals surface area contributed by atoms with Crippen LogP contribution in [0.2, 0.25) is 0 Å². The van der Waals surface area contributed by atoms with Crippen molar-refractivity contribution in [2.45, 2.75) is 76.6 Å².